The highest BCUT2D eigenvalue weighted by Crippen LogP contribution is 2.57. The molecule has 0 spiro atoms. The van der Waals surface area contributed by atoms with E-state index in [0.717, 1.165) is 61.3 Å². The van der Waals surface area contributed by atoms with Crippen molar-refractivity contribution in [3.8, 4) is 44.5 Å². The van der Waals surface area contributed by atoms with Gasteiger partial charge in [0.15, 0.2) is 0 Å². The Bertz CT molecular complexity index is 4070. The molecule has 11 aromatic carbocycles. The van der Waals surface area contributed by atoms with Gasteiger partial charge in [0.05, 0.1) is 5.41 Å². The molecule has 0 bridgehead atoms. The number of furan rings is 1. The molecule has 0 unspecified atom stereocenters. The Hall–Kier alpha value is -8.76. The van der Waals surface area contributed by atoms with Gasteiger partial charge in [0.2, 0.25) is 0 Å². The van der Waals surface area contributed by atoms with E-state index in [4.69, 9.17) is 4.42 Å². The minimum atomic E-state index is -0.474. The average molecular weight is 910 g/mol. The highest BCUT2D eigenvalue weighted by Gasteiger charge is 2.46. The van der Waals surface area contributed by atoms with Crippen molar-refractivity contribution in [3.63, 3.8) is 0 Å². The number of rotatable bonds is 8. The van der Waals surface area contributed by atoms with E-state index >= 15 is 0 Å². The number of hydrogen-bond acceptors (Lipinski definition) is 3. The predicted octanol–water partition coefficient (Wildman–Crippen LogP) is 18.8. The van der Waals surface area contributed by atoms with Crippen LogP contribution >= 0.6 is 11.3 Å². The van der Waals surface area contributed by atoms with E-state index in [1.165, 1.54) is 64.7 Å². The van der Waals surface area contributed by atoms with Gasteiger partial charge in [-0.3, -0.25) is 0 Å². The lowest BCUT2D eigenvalue weighted by atomic mass is 9.68. The second-order valence-electron chi connectivity index (χ2n) is 18.4. The molecule has 0 N–H and O–H groups in total. The van der Waals surface area contributed by atoms with Crippen molar-refractivity contribution in [2.75, 3.05) is 4.90 Å². The minimum absolute atomic E-state index is 0.474. The number of fused-ring (bicyclic) bond motifs is 9. The quantitative estimate of drug-likeness (QED) is 0.151. The van der Waals surface area contributed by atoms with Gasteiger partial charge in [-0.1, -0.05) is 200 Å². The summed E-state index contributed by atoms with van der Waals surface area (Å²) in [5.41, 5.74) is 19.1. The average Bonchev–Trinajstić information content (AvgIpc) is 4.10. The second kappa shape index (κ2) is 16.2. The molecule has 0 radical (unpaired) electrons. The number of hydrogen-bond donors (Lipinski definition) is 0. The third-order valence-electron chi connectivity index (χ3n) is 14.6. The lowest BCUT2D eigenvalue weighted by molar-refractivity contribution is 0.670. The summed E-state index contributed by atoms with van der Waals surface area (Å²) in [5, 5.41) is 4.89. The van der Waals surface area contributed by atoms with Crippen LogP contribution in [0.1, 0.15) is 22.3 Å². The fourth-order valence-corrected chi connectivity index (χ4v) is 12.5. The molecule has 13 aromatic rings. The van der Waals surface area contributed by atoms with E-state index in [1.807, 2.05) is 23.5 Å². The van der Waals surface area contributed by atoms with Gasteiger partial charge in [-0.2, -0.15) is 0 Å². The zero-order chi connectivity index (χ0) is 46.2. The van der Waals surface area contributed by atoms with Crippen molar-refractivity contribution in [1.29, 1.82) is 0 Å². The molecule has 14 rings (SSSR count). The van der Waals surface area contributed by atoms with E-state index in [9.17, 15) is 0 Å². The SMILES string of the molecule is c1ccc(C2(c3ccccc3)c3ccccc3-c3cc(N(c4ccc(-c5ccc(-c6cccc7c6oc6ccccc67)cc5)cc4)c4cccc(-c5ccc6sc7ccccc7c6c5)c4)ccc32)cc1. The van der Waals surface area contributed by atoms with E-state index in [2.05, 4.69) is 254 Å². The van der Waals surface area contributed by atoms with E-state index in [1.54, 1.807) is 0 Å². The first-order valence-electron chi connectivity index (χ1n) is 24.0. The summed E-state index contributed by atoms with van der Waals surface area (Å²) in [4.78, 5) is 2.43. The first-order chi connectivity index (χ1) is 34.7. The van der Waals surface area contributed by atoms with E-state index in [-0.39, 0.29) is 0 Å². The molecule has 0 saturated heterocycles. The van der Waals surface area contributed by atoms with Gasteiger partial charge in [0.25, 0.3) is 0 Å². The number of anilines is 3. The van der Waals surface area contributed by atoms with Gasteiger partial charge < -0.3 is 9.32 Å². The molecule has 0 saturated carbocycles. The largest absolute Gasteiger partial charge is 0.455 e. The Morgan fingerprint density at radius 3 is 1.67 bits per heavy atom. The number of para-hydroxylation sites is 2. The number of nitrogens with zero attached hydrogens (tertiary/aromatic N) is 1. The Morgan fingerprint density at radius 2 is 0.871 bits per heavy atom. The van der Waals surface area contributed by atoms with Gasteiger partial charge in [-0.15, -0.1) is 11.3 Å². The highest BCUT2D eigenvalue weighted by atomic mass is 32.1. The zero-order valence-corrected chi connectivity index (χ0v) is 38.9. The summed E-state index contributed by atoms with van der Waals surface area (Å²) in [6, 6.07) is 95.6. The summed E-state index contributed by atoms with van der Waals surface area (Å²) in [7, 11) is 0. The molecule has 0 amide bonds. The zero-order valence-electron chi connectivity index (χ0n) is 38.1. The van der Waals surface area contributed by atoms with Crippen LogP contribution in [0.3, 0.4) is 0 Å². The molecule has 0 fully saturated rings. The molecule has 1 aliphatic rings. The van der Waals surface area contributed by atoms with Crippen LogP contribution in [0.5, 0.6) is 0 Å². The molecular formula is C67H43NOS. The van der Waals surface area contributed by atoms with Crippen molar-refractivity contribution < 1.29 is 4.42 Å². The molecular weight excluding hydrogens is 867 g/mol. The summed E-state index contributed by atoms with van der Waals surface area (Å²) in [6.07, 6.45) is 0. The molecule has 328 valence electrons. The normalized spacial score (nSPS) is 12.7. The second-order valence-corrected chi connectivity index (χ2v) is 19.4. The summed E-state index contributed by atoms with van der Waals surface area (Å²) >= 11 is 1.86. The van der Waals surface area contributed by atoms with Crippen LogP contribution in [-0.2, 0) is 5.41 Å². The molecule has 3 heteroatoms. The Balaban J connectivity index is 0.895. The third-order valence-corrected chi connectivity index (χ3v) is 15.7. The minimum Gasteiger partial charge on any atom is -0.455 e. The molecule has 1 aliphatic carbocycles. The molecule has 0 aliphatic heterocycles. The van der Waals surface area contributed by atoms with Crippen LogP contribution in [0, 0.1) is 0 Å². The smallest absolute Gasteiger partial charge is 0.143 e. The summed E-state index contributed by atoms with van der Waals surface area (Å²) in [5.74, 6) is 0. The molecule has 2 aromatic heterocycles. The Morgan fingerprint density at radius 1 is 0.314 bits per heavy atom. The Labute approximate surface area is 410 Å². The van der Waals surface area contributed by atoms with Crippen LogP contribution in [0.25, 0.3) is 86.6 Å². The lowest BCUT2D eigenvalue weighted by Crippen LogP contribution is -2.28. The van der Waals surface area contributed by atoms with E-state index in [0.29, 0.717) is 0 Å². The number of thiophene rings is 1. The number of benzene rings is 11. The fourth-order valence-electron chi connectivity index (χ4n) is 11.4. The van der Waals surface area contributed by atoms with Crippen LogP contribution in [0.4, 0.5) is 17.1 Å². The van der Waals surface area contributed by atoms with Crippen LogP contribution in [0.2, 0.25) is 0 Å². The third kappa shape index (κ3) is 6.32. The van der Waals surface area contributed by atoms with Crippen molar-refractivity contribution in [2.45, 2.75) is 5.41 Å². The van der Waals surface area contributed by atoms with Crippen molar-refractivity contribution in [2.24, 2.45) is 0 Å². The topological polar surface area (TPSA) is 16.4 Å². The maximum absolute atomic E-state index is 6.41. The maximum Gasteiger partial charge on any atom is 0.143 e. The van der Waals surface area contributed by atoms with Crippen LogP contribution in [-0.4, -0.2) is 0 Å². The van der Waals surface area contributed by atoms with Crippen molar-refractivity contribution in [3.05, 3.63) is 283 Å². The first-order valence-corrected chi connectivity index (χ1v) is 24.8. The Kier molecular flexibility index (Phi) is 9.33. The molecule has 2 heterocycles. The standard InChI is InChI=1S/C67H43NOS/c1-3-16-49(17-4-1)67(50-18-5-2-6-19-50)61-26-10-7-21-55(61)59-43-53(38-39-62(59)67)68(52-20-13-15-47(41-52)48-35-40-65-60(42-48)57-23-9-12-28-64(57)70-65)51-36-33-45(34-37-51)44-29-31-46(32-30-44)54-24-14-25-58-56-22-8-11-27-63(56)69-66(54)58/h1-43H. The highest BCUT2D eigenvalue weighted by molar-refractivity contribution is 7.25. The van der Waals surface area contributed by atoms with Crippen molar-refractivity contribution in [1.82, 2.24) is 0 Å². The van der Waals surface area contributed by atoms with Gasteiger partial charge in [0, 0.05) is 53.6 Å². The summed E-state index contributed by atoms with van der Waals surface area (Å²) < 4.78 is 9.03. The first kappa shape index (κ1) is 40.3. The predicted molar refractivity (Wildman–Crippen MR) is 295 cm³/mol. The maximum atomic E-state index is 6.41. The van der Waals surface area contributed by atoms with Gasteiger partial charge in [0.1, 0.15) is 11.2 Å². The van der Waals surface area contributed by atoms with Crippen LogP contribution in [0.15, 0.2) is 265 Å². The molecule has 0 atom stereocenters. The van der Waals surface area contributed by atoms with Gasteiger partial charge in [-0.05, 0) is 122 Å². The molecule has 2 nitrogen and oxygen atoms in total. The monoisotopic (exact) mass is 909 g/mol. The lowest BCUT2D eigenvalue weighted by Gasteiger charge is -2.34. The van der Waals surface area contributed by atoms with Crippen LogP contribution < -0.4 is 4.90 Å². The summed E-state index contributed by atoms with van der Waals surface area (Å²) in [6.45, 7) is 0. The van der Waals surface area contributed by atoms with Crippen molar-refractivity contribution >= 4 is 70.5 Å². The fraction of sp³-hybridized carbons (Fsp3) is 0.0149. The molecule has 70 heavy (non-hydrogen) atoms. The van der Waals surface area contributed by atoms with E-state index < -0.39 is 5.41 Å². The van der Waals surface area contributed by atoms with Gasteiger partial charge in [-0.25, -0.2) is 0 Å². The van der Waals surface area contributed by atoms with Gasteiger partial charge >= 0.3 is 0 Å².